The minimum atomic E-state index is -0.500. The third kappa shape index (κ3) is 4.21. The molecule has 0 aliphatic rings. The Hall–Kier alpha value is -1.07. The molecule has 0 fully saturated rings. The van der Waals surface area contributed by atoms with Gasteiger partial charge in [-0.2, -0.15) is 0 Å². The lowest BCUT2D eigenvalue weighted by molar-refractivity contribution is 0.178. The standard InChI is InChI=1S/C16H17IO2/c1-2-19-15-5-3-4-13(11-15)16(18)10-12-6-8-14(17)9-7-12/h3-9,11,16,18H,2,10H2,1H3. The Bertz CT molecular complexity index is 523. The maximum Gasteiger partial charge on any atom is 0.119 e. The van der Waals surface area contributed by atoms with Gasteiger partial charge in [-0.3, -0.25) is 0 Å². The van der Waals surface area contributed by atoms with E-state index in [2.05, 4.69) is 46.9 Å². The zero-order chi connectivity index (χ0) is 13.7. The molecule has 1 unspecified atom stereocenters. The number of hydrogen-bond acceptors (Lipinski definition) is 2. The fourth-order valence-electron chi connectivity index (χ4n) is 1.94. The molecule has 2 rings (SSSR count). The molecule has 0 aliphatic carbocycles. The summed E-state index contributed by atoms with van der Waals surface area (Å²) in [6.07, 6.45) is 0.118. The number of aliphatic hydroxyl groups is 1. The van der Waals surface area contributed by atoms with Crippen molar-refractivity contribution in [2.75, 3.05) is 6.61 Å². The zero-order valence-corrected chi connectivity index (χ0v) is 13.0. The Kier molecular flexibility index (Phi) is 5.22. The van der Waals surface area contributed by atoms with E-state index in [1.54, 1.807) is 0 Å². The SMILES string of the molecule is CCOc1cccc(C(O)Cc2ccc(I)cc2)c1. The normalized spacial score (nSPS) is 12.2. The summed E-state index contributed by atoms with van der Waals surface area (Å²) in [5.41, 5.74) is 2.03. The molecular formula is C16H17IO2. The van der Waals surface area contributed by atoms with E-state index in [1.807, 2.05) is 31.2 Å². The molecule has 0 heterocycles. The summed E-state index contributed by atoms with van der Waals surface area (Å²) in [5.74, 6) is 0.807. The average molecular weight is 368 g/mol. The van der Waals surface area contributed by atoms with Crippen molar-refractivity contribution in [2.24, 2.45) is 0 Å². The first-order valence-corrected chi connectivity index (χ1v) is 7.42. The number of rotatable bonds is 5. The van der Waals surface area contributed by atoms with Crippen LogP contribution in [-0.4, -0.2) is 11.7 Å². The highest BCUT2D eigenvalue weighted by Crippen LogP contribution is 2.22. The molecule has 2 aromatic carbocycles. The molecule has 0 aliphatic heterocycles. The Morgan fingerprint density at radius 3 is 2.58 bits per heavy atom. The maximum atomic E-state index is 10.3. The molecule has 19 heavy (non-hydrogen) atoms. The van der Waals surface area contributed by atoms with Gasteiger partial charge in [0.1, 0.15) is 5.75 Å². The van der Waals surface area contributed by atoms with E-state index < -0.39 is 6.10 Å². The van der Waals surface area contributed by atoms with E-state index in [9.17, 15) is 5.11 Å². The largest absolute Gasteiger partial charge is 0.494 e. The van der Waals surface area contributed by atoms with Crippen molar-refractivity contribution in [2.45, 2.75) is 19.4 Å². The van der Waals surface area contributed by atoms with Gasteiger partial charge in [0.15, 0.2) is 0 Å². The molecular weight excluding hydrogens is 351 g/mol. The molecule has 0 aromatic heterocycles. The van der Waals surface area contributed by atoms with Crippen LogP contribution in [0.5, 0.6) is 5.75 Å². The summed E-state index contributed by atoms with van der Waals surface area (Å²) in [4.78, 5) is 0. The van der Waals surface area contributed by atoms with E-state index in [-0.39, 0.29) is 0 Å². The van der Waals surface area contributed by atoms with Gasteiger partial charge in [-0.1, -0.05) is 24.3 Å². The fourth-order valence-corrected chi connectivity index (χ4v) is 2.30. The monoisotopic (exact) mass is 368 g/mol. The lowest BCUT2D eigenvalue weighted by Crippen LogP contribution is -2.02. The summed E-state index contributed by atoms with van der Waals surface area (Å²) < 4.78 is 6.65. The lowest BCUT2D eigenvalue weighted by Gasteiger charge is -2.13. The molecule has 0 radical (unpaired) electrons. The van der Waals surface area contributed by atoms with E-state index in [1.165, 1.54) is 3.57 Å². The minimum absolute atomic E-state index is 0.500. The van der Waals surface area contributed by atoms with Crippen LogP contribution in [0.25, 0.3) is 0 Å². The first-order valence-electron chi connectivity index (χ1n) is 6.34. The summed E-state index contributed by atoms with van der Waals surface area (Å²) >= 11 is 2.28. The van der Waals surface area contributed by atoms with Crippen LogP contribution in [0, 0.1) is 3.57 Å². The van der Waals surface area contributed by atoms with Crippen LogP contribution in [0.3, 0.4) is 0 Å². The highest BCUT2D eigenvalue weighted by Gasteiger charge is 2.09. The van der Waals surface area contributed by atoms with Crippen molar-refractivity contribution in [3.05, 3.63) is 63.2 Å². The first-order chi connectivity index (χ1) is 9.19. The first kappa shape index (κ1) is 14.3. The van der Waals surface area contributed by atoms with E-state index in [0.717, 1.165) is 16.9 Å². The van der Waals surface area contributed by atoms with Gasteiger partial charge in [-0.25, -0.2) is 0 Å². The molecule has 1 N–H and O–H groups in total. The third-order valence-corrected chi connectivity index (χ3v) is 3.62. The molecule has 0 amide bonds. The van der Waals surface area contributed by atoms with Gasteiger partial charge in [0, 0.05) is 9.99 Å². The highest BCUT2D eigenvalue weighted by atomic mass is 127. The van der Waals surface area contributed by atoms with Gasteiger partial charge >= 0.3 is 0 Å². The van der Waals surface area contributed by atoms with Gasteiger partial charge in [0.2, 0.25) is 0 Å². The number of aliphatic hydroxyl groups excluding tert-OH is 1. The minimum Gasteiger partial charge on any atom is -0.494 e. The van der Waals surface area contributed by atoms with Crippen LogP contribution in [0.15, 0.2) is 48.5 Å². The van der Waals surface area contributed by atoms with E-state index in [4.69, 9.17) is 4.74 Å². The summed E-state index contributed by atoms with van der Waals surface area (Å²) in [6.45, 7) is 2.59. The molecule has 1 atom stereocenters. The van der Waals surface area contributed by atoms with Crippen LogP contribution in [0.2, 0.25) is 0 Å². The number of benzene rings is 2. The summed E-state index contributed by atoms with van der Waals surface area (Å²) in [7, 11) is 0. The molecule has 2 aromatic rings. The van der Waals surface area contributed by atoms with E-state index in [0.29, 0.717) is 13.0 Å². The Morgan fingerprint density at radius 1 is 1.16 bits per heavy atom. The van der Waals surface area contributed by atoms with Crippen molar-refractivity contribution in [3.8, 4) is 5.75 Å². The quantitative estimate of drug-likeness (QED) is 0.810. The van der Waals surface area contributed by atoms with Gasteiger partial charge in [-0.05, 0) is 64.9 Å². The average Bonchev–Trinajstić information content (AvgIpc) is 2.42. The van der Waals surface area contributed by atoms with Crippen molar-refractivity contribution in [1.82, 2.24) is 0 Å². The van der Waals surface area contributed by atoms with Crippen LogP contribution in [-0.2, 0) is 6.42 Å². The van der Waals surface area contributed by atoms with Gasteiger partial charge in [0.05, 0.1) is 12.7 Å². The maximum absolute atomic E-state index is 10.3. The molecule has 0 bridgehead atoms. The topological polar surface area (TPSA) is 29.5 Å². The lowest BCUT2D eigenvalue weighted by atomic mass is 10.0. The van der Waals surface area contributed by atoms with Crippen molar-refractivity contribution in [1.29, 1.82) is 0 Å². The molecule has 2 nitrogen and oxygen atoms in total. The fraction of sp³-hybridized carbons (Fsp3) is 0.250. The number of ether oxygens (including phenoxy) is 1. The predicted molar refractivity (Wildman–Crippen MR) is 85.4 cm³/mol. The third-order valence-electron chi connectivity index (χ3n) is 2.90. The second-order valence-corrected chi connectivity index (χ2v) is 5.60. The van der Waals surface area contributed by atoms with Crippen molar-refractivity contribution < 1.29 is 9.84 Å². The van der Waals surface area contributed by atoms with Crippen molar-refractivity contribution >= 4 is 22.6 Å². The molecule has 0 spiro atoms. The van der Waals surface area contributed by atoms with Gasteiger partial charge < -0.3 is 9.84 Å². The Labute approximate surface area is 127 Å². The summed E-state index contributed by atoms with van der Waals surface area (Å²) in [6, 6.07) is 15.9. The van der Waals surface area contributed by atoms with Crippen LogP contribution in [0.1, 0.15) is 24.2 Å². The predicted octanol–water partition coefficient (Wildman–Crippen LogP) is 3.97. The Balaban J connectivity index is 2.08. The molecule has 3 heteroatoms. The molecule has 0 saturated carbocycles. The van der Waals surface area contributed by atoms with Gasteiger partial charge in [-0.15, -0.1) is 0 Å². The second-order valence-electron chi connectivity index (χ2n) is 4.35. The van der Waals surface area contributed by atoms with Crippen LogP contribution < -0.4 is 4.74 Å². The van der Waals surface area contributed by atoms with E-state index >= 15 is 0 Å². The number of halogens is 1. The number of hydrogen-bond donors (Lipinski definition) is 1. The molecule has 0 saturated heterocycles. The highest BCUT2D eigenvalue weighted by molar-refractivity contribution is 14.1. The van der Waals surface area contributed by atoms with Crippen molar-refractivity contribution in [3.63, 3.8) is 0 Å². The Morgan fingerprint density at radius 2 is 1.89 bits per heavy atom. The summed E-state index contributed by atoms with van der Waals surface area (Å²) in [5, 5.41) is 10.3. The smallest absolute Gasteiger partial charge is 0.119 e. The van der Waals surface area contributed by atoms with Crippen LogP contribution >= 0.6 is 22.6 Å². The second kappa shape index (κ2) is 6.91. The zero-order valence-electron chi connectivity index (χ0n) is 10.8. The van der Waals surface area contributed by atoms with Gasteiger partial charge in [0.25, 0.3) is 0 Å². The van der Waals surface area contributed by atoms with Crippen LogP contribution in [0.4, 0.5) is 0 Å². The molecule has 100 valence electrons.